The first kappa shape index (κ1) is 18.6. The zero-order chi connectivity index (χ0) is 18.3. The molecule has 0 amide bonds. The number of alkyl halides is 3. The molecule has 0 aliphatic rings. The van der Waals surface area contributed by atoms with Gasteiger partial charge in [-0.1, -0.05) is 60.7 Å². The van der Waals surface area contributed by atoms with Crippen LogP contribution < -0.4 is 5.73 Å². The van der Waals surface area contributed by atoms with Crippen LogP contribution in [0.2, 0.25) is 0 Å². The molecule has 0 aromatic heterocycles. The van der Waals surface area contributed by atoms with Gasteiger partial charge in [-0.05, 0) is 5.56 Å². The minimum Gasteiger partial charge on any atom is -0.383 e. The lowest BCUT2D eigenvalue weighted by Gasteiger charge is -2.10. The molecule has 0 aliphatic heterocycles. The first-order chi connectivity index (χ1) is 11.9. The molecule has 0 aliphatic carbocycles. The molecule has 0 unspecified atom stereocenters. The van der Waals surface area contributed by atoms with E-state index in [1.54, 1.807) is 54.6 Å². The van der Waals surface area contributed by atoms with Gasteiger partial charge < -0.3 is 5.73 Å². The van der Waals surface area contributed by atoms with Crippen LogP contribution in [0.15, 0.2) is 76.3 Å². The van der Waals surface area contributed by atoms with Gasteiger partial charge in [-0.3, -0.25) is 0 Å². The number of halogens is 3. The Morgan fingerprint density at radius 2 is 1.60 bits per heavy atom. The summed E-state index contributed by atoms with van der Waals surface area (Å²) in [4.78, 5) is 3.89. The number of aliphatic imine (C=N–C) groups is 1. The quantitative estimate of drug-likeness (QED) is 0.480. The Bertz CT molecular complexity index is 807. The van der Waals surface area contributed by atoms with Crippen LogP contribution in [-0.4, -0.2) is 12.0 Å². The topological polar surface area (TPSA) is 62.2 Å². The van der Waals surface area contributed by atoms with E-state index in [1.165, 1.54) is 6.07 Å². The molecule has 0 radical (unpaired) electrons. The van der Waals surface area contributed by atoms with E-state index in [4.69, 9.17) is 11.0 Å². The highest BCUT2D eigenvalue weighted by Crippen LogP contribution is 2.34. The molecule has 0 heterocycles. The van der Waals surface area contributed by atoms with Gasteiger partial charge in [-0.25, -0.2) is 4.99 Å². The van der Waals surface area contributed by atoms with Gasteiger partial charge in [-0.15, -0.1) is 11.8 Å². The fourth-order valence-corrected chi connectivity index (χ4v) is 2.87. The van der Waals surface area contributed by atoms with Crippen molar-refractivity contribution < 1.29 is 13.2 Å². The molecule has 0 saturated carbocycles. The lowest BCUT2D eigenvalue weighted by atomic mass is 10.2. The van der Waals surface area contributed by atoms with Crippen molar-refractivity contribution in [2.45, 2.75) is 11.9 Å². The van der Waals surface area contributed by atoms with Crippen LogP contribution in [0.1, 0.15) is 11.1 Å². The monoisotopic (exact) mass is 361 g/mol. The van der Waals surface area contributed by atoms with Gasteiger partial charge in [0.2, 0.25) is 0 Å². The molecule has 0 fully saturated rings. The smallest absolute Gasteiger partial charge is 0.383 e. The molecule has 2 N–H and O–H groups in total. The maximum absolute atomic E-state index is 13.1. The van der Waals surface area contributed by atoms with Crippen LogP contribution in [0, 0.1) is 11.3 Å². The van der Waals surface area contributed by atoms with Crippen LogP contribution in [0.3, 0.4) is 0 Å². The third-order valence-corrected chi connectivity index (χ3v) is 4.17. The van der Waals surface area contributed by atoms with Crippen molar-refractivity contribution in [2.75, 3.05) is 0 Å². The van der Waals surface area contributed by atoms with E-state index in [0.29, 0.717) is 5.56 Å². The average Bonchev–Trinajstić information content (AvgIpc) is 2.60. The Kier molecular flexibility index (Phi) is 6.25. The highest BCUT2D eigenvalue weighted by Gasteiger charge is 2.37. The summed E-state index contributed by atoms with van der Waals surface area (Å²) < 4.78 is 39.4. The first-order valence-corrected chi connectivity index (χ1v) is 8.18. The number of nitrogens with zero attached hydrogens (tertiary/aromatic N) is 2. The van der Waals surface area contributed by atoms with Crippen LogP contribution in [-0.2, 0) is 5.75 Å². The largest absolute Gasteiger partial charge is 0.428 e. The predicted molar refractivity (Wildman–Crippen MR) is 93.6 cm³/mol. The minimum absolute atomic E-state index is 0.0758. The van der Waals surface area contributed by atoms with Crippen molar-refractivity contribution in [1.82, 2.24) is 0 Å². The number of allylic oxidation sites excluding steroid dienone is 1. The van der Waals surface area contributed by atoms with E-state index in [1.807, 2.05) is 6.07 Å². The highest BCUT2D eigenvalue weighted by molar-refractivity contribution is 8.02. The first-order valence-electron chi connectivity index (χ1n) is 7.19. The lowest BCUT2D eigenvalue weighted by molar-refractivity contribution is -0.0877. The van der Waals surface area contributed by atoms with Crippen LogP contribution >= 0.6 is 11.8 Å². The number of nitrogens with two attached hydrogens (primary N) is 1. The van der Waals surface area contributed by atoms with E-state index in [2.05, 4.69) is 4.99 Å². The summed E-state index contributed by atoms with van der Waals surface area (Å²) in [5.74, 6) is 0.163. The predicted octanol–water partition coefficient (Wildman–Crippen LogP) is 4.62. The summed E-state index contributed by atoms with van der Waals surface area (Å²) in [5, 5.41) is 8.52. The van der Waals surface area contributed by atoms with Gasteiger partial charge in [0.1, 0.15) is 16.9 Å². The maximum Gasteiger partial charge on any atom is 0.428 e. The van der Waals surface area contributed by atoms with Crippen LogP contribution in [0.25, 0.3) is 0 Å². The van der Waals surface area contributed by atoms with Gasteiger partial charge in [0.15, 0.2) is 5.57 Å². The Morgan fingerprint density at radius 1 is 1.04 bits per heavy atom. The SMILES string of the molecule is N#C/C(=C(\N=C(/N)c1ccccc1)SCc1ccccc1)C(F)(F)F. The highest BCUT2D eigenvalue weighted by atomic mass is 32.2. The Hall–Kier alpha value is -2.72. The van der Waals surface area contributed by atoms with E-state index >= 15 is 0 Å². The number of nitriles is 1. The third-order valence-electron chi connectivity index (χ3n) is 3.12. The summed E-state index contributed by atoms with van der Waals surface area (Å²) in [6.45, 7) is 0. The summed E-state index contributed by atoms with van der Waals surface area (Å²) in [7, 11) is 0. The van der Waals surface area contributed by atoms with E-state index in [-0.39, 0.29) is 11.6 Å². The van der Waals surface area contributed by atoms with Gasteiger partial charge in [0, 0.05) is 11.3 Å². The maximum atomic E-state index is 13.1. The van der Waals surface area contributed by atoms with Crippen molar-refractivity contribution in [2.24, 2.45) is 10.7 Å². The fourth-order valence-electron chi connectivity index (χ4n) is 1.90. The van der Waals surface area contributed by atoms with Crippen molar-refractivity contribution in [3.8, 4) is 6.07 Å². The molecule has 2 rings (SSSR count). The molecule has 7 heteroatoms. The molecule has 0 atom stereocenters. The number of thioether (sulfide) groups is 1. The zero-order valence-electron chi connectivity index (χ0n) is 13.0. The van der Waals surface area contributed by atoms with Crippen LogP contribution in [0.4, 0.5) is 13.2 Å². The number of amidine groups is 1. The summed E-state index contributed by atoms with van der Waals surface area (Å²) >= 11 is 0.827. The second kappa shape index (κ2) is 8.40. The molecule has 0 saturated heterocycles. The van der Waals surface area contributed by atoms with Crippen LogP contribution in [0.5, 0.6) is 0 Å². The summed E-state index contributed by atoms with van der Waals surface area (Å²) in [6.07, 6.45) is -4.80. The molecular formula is C18H14F3N3S. The standard InChI is InChI=1S/C18H14F3N3S/c19-18(20,21)15(11-22)17(25-12-13-7-3-1-4-8-13)24-16(23)14-9-5-2-6-10-14/h1-10H,12H2,(H2,23,24)/b17-15-. The number of benzene rings is 2. The van der Waals surface area contributed by atoms with E-state index in [0.717, 1.165) is 17.3 Å². The van der Waals surface area contributed by atoms with Gasteiger partial charge >= 0.3 is 6.18 Å². The molecule has 128 valence electrons. The molecular weight excluding hydrogens is 347 g/mol. The molecule has 25 heavy (non-hydrogen) atoms. The van der Waals surface area contributed by atoms with E-state index < -0.39 is 16.8 Å². The molecule has 0 bridgehead atoms. The third kappa shape index (κ3) is 5.40. The normalized spacial score (nSPS) is 13.1. The Balaban J connectivity index is 2.39. The average molecular weight is 361 g/mol. The Labute approximate surface area is 147 Å². The zero-order valence-corrected chi connectivity index (χ0v) is 13.8. The molecule has 0 spiro atoms. The van der Waals surface area contributed by atoms with Gasteiger partial charge in [0.05, 0.1) is 0 Å². The Morgan fingerprint density at radius 3 is 2.12 bits per heavy atom. The molecule has 3 nitrogen and oxygen atoms in total. The van der Waals surface area contributed by atoms with Crippen molar-refractivity contribution in [3.05, 3.63) is 82.4 Å². The summed E-state index contributed by atoms with van der Waals surface area (Å²) in [5.41, 5.74) is 5.78. The fraction of sp³-hybridized carbons (Fsp3) is 0.111. The second-order valence-electron chi connectivity index (χ2n) is 4.93. The second-order valence-corrected chi connectivity index (χ2v) is 5.89. The van der Waals surface area contributed by atoms with Gasteiger partial charge in [-0.2, -0.15) is 18.4 Å². The van der Waals surface area contributed by atoms with Crippen molar-refractivity contribution in [1.29, 1.82) is 5.26 Å². The number of hydrogen-bond acceptors (Lipinski definition) is 3. The lowest BCUT2D eigenvalue weighted by Crippen LogP contribution is -2.16. The van der Waals surface area contributed by atoms with Gasteiger partial charge in [0.25, 0.3) is 0 Å². The number of hydrogen-bond donors (Lipinski definition) is 1. The molecule has 2 aromatic carbocycles. The van der Waals surface area contributed by atoms with E-state index in [9.17, 15) is 13.2 Å². The molecule has 2 aromatic rings. The summed E-state index contributed by atoms with van der Waals surface area (Å²) in [6, 6.07) is 18.6. The van der Waals surface area contributed by atoms with Crippen molar-refractivity contribution in [3.63, 3.8) is 0 Å². The van der Waals surface area contributed by atoms with Crippen molar-refractivity contribution >= 4 is 17.6 Å². The minimum atomic E-state index is -4.80. The number of rotatable bonds is 5.